The van der Waals surface area contributed by atoms with Crippen LogP contribution < -0.4 is 22.1 Å². The molecule has 0 aliphatic carbocycles. The van der Waals surface area contributed by atoms with Gasteiger partial charge < -0.3 is 37.3 Å². The van der Waals surface area contributed by atoms with Crippen molar-refractivity contribution in [2.75, 3.05) is 0 Å². The van der Waals surface area contributed by atoms with Crippen molar-refractivity contribution in [3.8, 4) is 0 Å². The number of aromatic nitrogens is 1. The van der Waals surface area contributed by atoms with Crippen molar-refractivity contribution in [1.29, 1.82) is 0 Å². The molecule has 3 unspecified atom stereocenters. The second-order valence-electron chi connectivity index (χ2n) is 7.23. The summed E-state index contributed by atoms with van der Waals surface area (Å²) in [6.45, 7) is 0. The molecule has 2 rings (SSSR count). The van der Waals surface area contributed by atoms with Gasteiger partial charge in [0.15, 0.2) is 0 Å². The van der Waals surface area contributed by atoms with Gasteiger partial charge >= 0.3 is 11.9 Å². The molecule has 172 valence electrons. The maximum absolute atomic E-state index is 12.7. The summed E-state index contributed by atoms with van der Waals surface area (Å²) in [6, 6.07) is 3.15. The Morgan fingerprint density at radius 1 is 1.00 bits per heavy atom. The number of carbonyl (C=O) groups is 5. The third-order valence-corrected chi connectivity index (χ3v) is 4.76. The van der Waals surface area contributed by atoms with Crippen LogP contribution in [0.15, 0.2) is 30.5 Å². The molecule has 32 heavy (non-hydrogen) atoms. The number of hydrogen-bond acceptors (Lipinski definition) is 6. The standard InChI is InChI=1S/C20H25N5O7/c21-12(8-17(27)28)18(29)24-14(5-6-16(22)26)19(30)25-15(20(31)32)7-10-9-23-13-4-2-1-3-11(10)13/h1-4,9,12,14-15,23H,5-8,21H2,(H2,22,26)(H,24,29)(H,25,30)(H,27,28)(H,31,32). The molecular weight excluding hydrogens is 422 g/mol. The van der Waals surface area contributed by atoms with Crippen molar-refractivity contribution >= 4 is 40.6 Å². The second kappa shape index (κ2) is 10.9. The van der Waals surface area contributed by atoms with Crippen molar-refractivity contribution in [1.82, 2.24) is 15.6 Å². The lowest BCUT2D eigenvalue weighted by Crippen LogP contribution is -2.55. The fourth-order valence-electron chi connectivity index (χ4n) is 3.11. The minimum absolute atomic E-state index is 0.0416. The van der Waals surface area contributed by atoms with Crippen LogP contribution in [0.1, 0.15) is 24.8 Å². The number of primary amides is 1. The van der Waals surface area contributed by atoms with Crippen LogP contribution in [0.5, 0.6) is 0 Å². The molecule has 12 nitrogen and oxygen atoms in total. The van der Waals surface area contributed by atoms with E-state index in [0.29, 0.717) is 5.56 Å². The molecule has 3 amide bonds. The van der Waals surface area contributed by atoms with Crippen LogP contribution in [0.3, 0.4) is 0 Å². The third-order valence-electron chi connectivity index (χ3n) is 4.76. The number of para-hydroxylation sites is 1. The van der Waals surface area contributed by atoms with Gasteiger partial charge in [-0.1, -0.05) is 18.2 Å². The first-order chi connectivity index (χ1) is 15.1. The van der Waals surface area contributed by atoms with Crippen molar-refractivity contribution in [2.24, 2.45) is 11.5 Å². The van der Waals surface area contributed by atoms with Crippen molar-refractivity contribution < 1.29 is 34.2 Å². The molecule has 0 aliphatic rings. The number of fused-ring (bicyclic) bond motifs is 1. The van der Waals surface area contributed by atoms with E-state index in [0.717, 1.165) is 10.9 Å². The zero-order valence-electron chi connectivity index (χ0n) is 17.0. The number of carboxylic acid groups (broad SMARTS) is 2. The van der Waals surface area contributed by atoms with Crippen LogP contribution in [-0.4, -0.2) is 63.0 Å². The Balaban J connectivity index is 2.14. The zero-order valence-corrected chi connectivity index (χ0v) is 17.0. The fourth-order valence-corrected chi connectivity index (χ4v) is 3.11. The summed E-state index contributed by atoms with van der Waals surface area (Å²) in [7, 11) is 0. The van der Waals surface area contributed by atoms with Gasteiger partial charge in [0, 0.05) is 29.9 Å². The summed E-state index contributed by atoms with van der Waals surface area (Å²) in [6.07, 6.45) is 0.442. The number of H-pyrrole nitrogens is 1. The maximum atomic E-state index is 12.7. The summed E-state index contributed by atoms with van der Waals surface area (Å²) in [5, 5.41) is 23.8. The molecule has 12 heteroatoms. The van der Waals surface area contributed by atoms with Gasteiger partial charge in [0.25, 0.3) is 0 Å². The average molecular weight is 447 g/mol. The number of aliphatic carboxylic acids is 2. The molecule has 9 N–H and O–H groups in total. The summed E-state index contributed by atoms with van der Waals surface area (Å²) >= 11 is 0. The molecule has 0 saturated heterocycles. The lowest BCUT2D eigenvalue weighted by atomic mass is 10.0. The predicted molar refractivity (Wildman–Crippen MR) is 112 cm³/mol. The monoisotopic (exact) mass is 447 g/mol. The van der Waals surface area contributed by atoms with Gasteiger partial charge in [-0.2, -0.15) is 0 Å². The Labute approximate surface area is 182 Å². The number of benzene rings is 1. The number of carboxylic acids is 2. The van der Waals surface area contributed by atoms with Crippen LogP contribution in [0.2, 0.25) is 0 Å². The maximum Gasteiger partial charge on any atom is 0.326 e. The number of nitrogens with two attached hydrogens (primary N) is 2. The minimum atomic E-state index is -1.43. The molecule has 0 aliphatic heterocycles. The Hall–Kier alpha value is -3.93. The highest BCUT2D eigenvalue weighted by Gasteiger charge is 2.29. The topological polar surface area (TPSA) is 218 Å². The number of amides is 3. The van der Waals surface area contributed by atoms with Gasteiger partial charge in [-0.25, -0.2) is 4.79 Å². The first-order valence-corrected chi connectivity index (χ1v) is 9.72. The third kappa shape index (κ3) is 6.80. The van der Waals surface area contributed by atoms with E-state index in [1.165, 1.54) is 0 Å². The second-order valence-corrected chi connectivity index (χ2v) is 7.23. The van der Waals surface area contributed by atoms with Crippen LogP contribution in [0.4, 0.5) is 0 Å². The molecule has 0 bridgehead atoms. The van der Waals surface area contributed by atoms with Gasteiger partial charge in [0.1, 0.15) is 12.1 Å². The van der Waals surface area contributed by atoms with E-state index in [-0.39, 0.29) is 19.3 Å². The number of nitrogens with one attached hydrogen (secondary N) is 3. The number of carbonyl (C=O) groups excluding carboxylic acids is 3. The van der Waals surface area contributed by atoms with Gasteiger partial charge in [-0.05, 0) is 18.1 Å². The van der Waals surface area contributed by atoms with E-state index in [9.17, 15) is 29.1 Å². The highest BCUT2D eigenvalue weighted by molar-refractivity contribution is 5.93. The molecule has 3 atom stereocenters. The predicted octanol–water partition coefficient (Wildman–Crippen LogP) is -1.17. The van der Waals surface area contributed by atoms with Gasteiger partial charge in [-0.15, -0.1) is 0 Å². The molecule has 2 aromatic rings. The van der Waals surface area contributed by atoms with Gasteiger partial charge in [0.2, 0.25) is 17.7 Å². The SMILES string of the molecule is NC(=O)CCC(NC(=O)C(N)CC(=O)O)C(=O)NC(Cc1c[nH]c2ccccc12)C(=O)O. The number of rotatable bonds is 12. The molecule has 0 saturated carbocycles. The van der Waals surface area contributed by atoms with Crippen LogP contribution in [0.25, 0.3) is 10.9 Å². The molecule has 1 aromatic carbocycles. The van der Waals surface area contributed by atoms with Gasteiger partial charge in [0.05, 0.1) is 12.5 Å². The Kier molecular flexibility index (Phi) is 8.30. The highest BCUT2D eigenvalue weighted by Crippen LogP contribution is 2.19. The summed E-state index contributed by atoms with van der Waals surface area (Å²) in [5.41, 5.74) is 12.1. The number of aromatic amines is 1. The van der Waals surface area contributed by atoms with E-state index < -0.39 is 54.2 Å². The molecule has 0 spiro atoms. The van der Waals surface area contributed by atoms with Crippen molar-refractivity contribution in [2.45, 2.75) is 43.8 Å². The number of hydrogen-bond donors (Lipinski definition) is 7. The largest absolute Gasteiger partial charge is 0.481 e. The van der Waals surface area contributed by atoms with E-state index in [4.69, 9.17) is 16.6 Å². The van der Waals surface area contributed by atoms with Crippen molar-refractivity contribution in [3.63, 3.8) is 0 Å². The summed E-state index contributed by atoms with van der Waals surface area (Å²) in [4.78, 5) is 61.5. The van der Waals surface area contributed by atoms with Gasteiger partial charge in [-0.3, -0.25) is 19.2 Å². The smallest absolute Gasteiger partial charge is 0.326 e. The molecule has 0 radical (unpaired) electrons. The van der Waals surface area contributed by atoms with Crippen molar-refractivity contribution in [3.05, 3.63) is 36.0 Å². The lowest BCUT2D eigenvalue weighted by molar-refractivity contribution is -0.142. The average Bonchev–Trinajstić information content (AvgIpc) is 3.12. The van der Waals surface area contributed by atoms with Crippen LogP contribution in [0, 0.1) is 0 Å². The highest BCUT2D eigenvalue weighted by atomic mass is 16.4. The molecule has 1 heterocycles. The normalized spacial score (nSPS) is 13.7. The lowest BCUT2D eigenvalue weighted by Gasteiger charge is -2.22. The van der Waals surface area contributed by atoms with E-state index >= 15 is 0 Å². The van der Waals surface area contributed by atoms with Crippen LogP contribution in [-0.2, 0) is 30.4 Å². The first-order valence-electron chi connectivity index (χ1n) is 9.72. The Morgan fingerprint density at radius 3 is 2.28 bits per heavy atom. The first kappa shape index (κ1) is 24.3. The quantitative estimate of drug-likeness (QED) is 0.210. The Bertz CT molecular complexity index is 1020. The minimum Gasteiger partial charge on any atom is -0.481 e. The summed E-state index contributed by atoms with van der Waals surface area (Å²) < 4.78 is 0. The zero-order chi connectivity index (χ0) is 23.8. The van der Waals surface area contributed by atoms with Crippen LogP contribution >= 0.6 is 0 Å². The Morgan fingerprint density at radius 2 is 1.66 bits per heavy atom. The molecule has 1 aromatic heterocycles. The van der Waals surface area contributed by atoms with E-state index in [1.807, 2.05) is 18.2 Å². The molecular formula is C20H25N5O7. The molecule has 0 fully saturated rings. The van der Waals surface area contributed by atoms with E-state index in [2.05, 4.69) is 15.6 Å². The fraction of sp³-hybridized carbons (Fsp3) is 0.350. The summed E-state index contributed by atoms with van der Waals surface area (Å²) in [5.74, 6) is -5.14. The van der Waals surface area contributed by atoms with E-state index in [1.54, 1.807) is 12.3 Å².